The molecule has 0 aliphatic heterocycles. The zero-order chi connectivity index (χ0) is 16.6. The summed E-state index contributed by atoms with van der Waals surface area (Å²) in [4.78, 5) is 0. The van der Waals surface area contributed by atoms with Crippen LogP contribution < -0.4 is 4.74 Å². The smallest absolute Gasteiger partial charge is 0.119 e. The average molecular weight is 400 g/mol. The van der Waals surface area contributed by atoms with Gasteiger partial charge >= 0.3 is 0 Å². The third-order valence-electron chi connectivity index (χ3n) is 3.59. The lowest BCUT2D eigenvalue weighted by Crippen LogP contribution is -1.96. The first-order valence-electron chi connectivity index (χ1n) is 8.73. The zero-order valence-electron chi connectivity index (χ0n) is 14.0. The van der Waals surface area contributed by atoms with Crippen molar-refractivity contribution in [1.29, 1.82) is 0 Å². The summed E-state index contributed by atoms with van der Waals surface area (Å²) >= 11 is 9.30. The van der Waals surface area contributed by atoms with Gasteiger partial charge < -0.3 is 4.74 Å². The summed E-state index contributed by atoms with van der Waals surface area (Å²) in [5, 5.41) is 1.88. The molecule has 0 aliphatic carbocycles. The van der Waals surface area contributed by atoms with Crippen molar-refractivity contribution in [2.45, 2.75) is 64.2 Å². The highest BCUT2D eigenvalue weighted by molar-refractivity contribution is 9.09. The van der Waals surface area contributed by atoms with E-state index in [0.29, 0.717) is 0 Å². The van der Waals surface area contributed by atoms with Crippen molar-refractivity contribution >= 4 is 27.5 Å². The molecule has 128 valence electrons. The van der Waals surface area contributed by atoms with Crippen LogP contribution in [-0.2, 0) is 0 Å². The van der Waals surface area contributed by atoms with E-state index in [1.165, 1.54) is 38.5 Å². The number of rotatable bonds is 12. The Balaban J connectivity index is 1.86. The number of unbranched alkanes of at least 4 members (excludes halogenated alkanes) is 8. The van der Waals surface area contributed by atoms with Crippen LogP contribution in [0.3, 0.4) is 0 Å². The molecular weight excluding hydrogens is 372 g/mol. The van der Waals surface area contributed by atoms with Crippen LogP contribution in [0.15, 0.2) is 24.3 Å². The Morgan fingerprint density at radius 1 is 0.783 bits per heavy atom. The Kier molecular flexibility index (Phi) is 13.2. The Morgan fingerprint density at radius 3 is 2.00 bits per heavy atom. The van der Waals surface area contributed by atoms with Crippen LogP contribution in [0.25, 0.3) is 0 Å². The summed E-state index contributed by atoms with van der Waals surface area (Å²) in [6, 6.07) is 7.51. The van der Waals surface area contributed by atoms with Gasteiger partial charge in [0.2, 0.25) is 0 Å². The average Bonchev–Trinajstić information content (AvgIpc) is 2.57. The molecule has 0 aromatic heterocycles. The molecule has 0 spiro atoms. The van der Waals surface area contributed by atoms with Gasteiger partial charge in [0.15, 0.2) is 0 Å². The molecule has 3 heteroatoms. The molecule has 0 bridgehead atoms. The number of alkyl halides is 1. The van der Waals surface area contributed by atoms with Gasteiger partial charge in [-0.05, 0) is 49.9 Å². The second kappa shape index (κ2) is 14.9. The molecule has 0 fully saturated rings. The molecular formula is C20H28BrClO. The molecule has 0 unspecified atom stereocenters. The fourth-order valence-electron chi connectivity index (χ4n) is 2.23. The van der Waals surface area contributed by atoms with Crippen LogP contribution in [0.2, 0.25) is 5.02 Å². The summed E-state index contributed by atoms with van der Waals surface area (Å²) in [5.41, 5.74) is 0. The minimum atomic E-state index is 0.742. The second-order valence-electron chi connectivity index (χ2n) is 5.67. The quantitative estimate of drug-likeness (QED) is 0.208. The van der Waals surface area contributed by atoms with Gasteiger partial charge in [-0.3, -0.25) is 0 Å². The van der Waals surface area contributed by atoms with Gasteiger partial charge in [0.25, 0.3) is 0 Å². The van der Waals surface area contributed by atoms with Crippen molar-refractivity contribution in [3.8, 4) is 17.6 Å². The lowest BCUT2D eigenvalue weighted by molar-refractivity contribution is 0.307. The van der Waals surface area contributed by atoms with Gasteiger partial charge in [-0.1, -0.05) is 53.2 Å². The summed E-state index contributed by atoms with van der Waals surface area (Å²) in [7, 11) is 0. The molecule has 0 aliphatic rings. The van der Waals surface area contributed by atoms with Crippen molar-refractivity contribution in [3.05, 3.63) is 29.3 Å². The highest BCUT2D eigenvalue weighted by atomic mass is 79.9. The molecule has 0 N–H and O–H groups in total. The monoisotopic (exact) mass is 398 g/mol. The third kappa shape index (κ3) is 12.4. The molecule has 1 aromatic rings. The van der Waals surface area contributed by atoms with Crippen LogP contribution in [0.4, 0.5) is 0 Å². The molecule has 0 saturated heterocycles. The molecule has 0 heterocycles. The number of halogens is 2. The first-order chi connectivity index (χ1) is 11.3. The maximum absolute atomic E-state index is 5.83. The van der Waals surface area contributed by atoms with E-state index in [1.54, 1.807) is 0 Å². The van der Waals surface area contributed by atoms with E-state index in [1.807, 2.05) is 24.3 Å². The zero-order valence-corrected chi connectivity index (χ0v) is 16.3. The van der Waals surface area contributed by atoms with Crippen molar-refractivity contribution in [2.75, 3.05) is 11.9 Å². The van der Waals surface area contributed by atoms with Crippen molar-refractivity contribution in [3.63, 3.8) is 0 Å². The summed E-state index contributed by atoms with van der Waals surface area (Å²) in [6.45, 7) is 0.748. The van der Waals surface area contributed by atoms with Gasteiger partial charge in [-0.2, -0.15) is 0 Å². The van der Waals surface area contributed by atoms with E-state index >= 15 is 0 Å². The molecule has 0 saturated carbocycles. The lowest BCUT2D eigenvalue weighted by Gasteiger charge is -2.04. The largest absolute Gasteiger partial charge is 0.494 e. The van der Waals surface area contributed by atoms with E-state index in [-0.39, 0.29) is 0 Å². The number of hydrogen-bond donors (Lipinski definition) is 0. The standard InChI is InChI=1S/C20H28BrClO/c21-17-11-9-7-5-3-1-2-4-6-8-10-12-18-23-20-15-13-19(22)14-16-20/h13-16H,1-3,5,7-12,17-18H2. The van der Waals surface area contributed by atoms with E-state index in [2.05, 4.69) is 27.8 Å². The number of ether oxygens (including phenoxy) is 1. The van der Waals surface area contributed by atoms with Gasteiger partial charge in [0.05, 0.1) is 6.61 Å². The van der Waals surface area contributed by atoms with Crippen molar-refractivity contribution in [2.24, 2.45) is 0 Å². The summed E-state index contributed by atoms with van der Waals surface area (Å²) < 4.78 is 5.65. The molecule has 23 heavy (non-hydrogen) atoms. The van der Waals surface area contributed by atoms with Crippen LogP contribution in [-0.4, -0.2) is 11.9 Å². The number of benzene rings is 1. The van der Waals surface area contributed by atoms with Crippen LogP contribution >= 0.6 is 27.5 Å². The van der Waals surface area contributed by atoms with Crippen LogP contribution in [0.5, 0.6) is 5.75 Å². The Labute approximate surface area is 155 Å². The van der Waals surface area contributed by atoms with Crippen LogP contribution in [0.1, 0.15) is 64.2 Å². The second-order valence-corrected chi connectivity index (χ2v) is 6.90. The van der Waals surface area contributed by atoms with Gasteiger partial charge in [-0.25, -0.2) is 0 Å². The first kappa shape index (κ1) is 20.4. The Bertz CT molecular complexity index is 447. The minimum absolute atomic E-state index is 0.742. The highest BCUT2D eigenvalue weighted by Gasteiger charge is 1.93. The third-order valence-corrected chi connectivity index (χ3v) is 4.40. The normalized spacial score (nSPS) is 10.2. The molecule has 0 atom stereocenters. The molecule has 0 amide bonds. The van der Waals surface area contributed by atoms with Crippen molar-refractivity contribution in [1.82, 2.24) is 0 Å². The number of hydrogen-bond acceptors (Lipinski definition) is 1. The predicted molar refractivity (Wildman–Crippen MR) is 105 cm³/mol. The maximum Gasteiger partial charge on any atom is 0.119 e. The van der Waals surface area contributed by atoms with E-state index in [9.17, 15) is 0 Å². The van der Waals surface area contributed by atoms with E-state index < -0.39 is 0 Å². The Morgan fingerprint density at radius 2 is 1.35 bits per heavy atom. The Hall–Kier alpha value is -0.650. The SMILES string of the molecule is Clc1ccc(OCCCCC#CCCCCCCCCBr)cc1. The molecule has 1 aromatic carbocycles. The maximum atomic E-state index is 5.83. The summed E-state index contributed by atoms with van der Waals surface area (Å²) in [6.07, 6.45) is 12.2. The first-order valence-corrected chi connectivity index (χ1v) is 10.2. The van der Waals surface area contributed by atoms with Gasteiger partial charge in [0, 0.05) is 23.2 Å². The van der Waals surface area contributed by atoms with Gasteiger partial charge in [0.1, 0.15) is 5.75 Å². The van der Waals surface area contributed by atoms with Gasteiger partial charge in [-0.15, -0.1) is 11.8 Å². The summed E-state index contributed by atoms with van der Waals surface area (Å²) in [5.74, 6) is 7.45. The lowest BCUT2D eigenvalue weighted by atomic mass is 10.1. The fraction of sp³-hybridized carbons (Fsp3) is 0.600. The minimum Gasteiger partial charge on any atom is -0.494 e. The highest BCUT2D eigenvalue weighted by Crippen LogP contribution is 2.15. The van der Waals surface area contributed by atoms with Crippen molar-refractivity contribution < 1.29 is 4.74 Å². The molecule has 1 nitrogen and oxygen atoms in total. The van der Waals surface area contributed by atoms with E-state index in [0.717, 1.165) is 48.4 Å². The fourth-order valence-corrected chi connectivity index (χ4v) is 2.75. The van der Waals surface area contributed by atoms with E-state index in [4.69, 9.17) is 16.3 Å². The predicted octanol–water partition coefficient (Wildman–Crippen LogP) is 7.02. The molecule has 0 radical (unpaired) electrons. The van der Waals surface area contributed by atoms with Crippen LogP contribution in [0, 0.1) is 11.8 Å². The topological polar surface area (TPSA) is 9.23 Å². The molecule has 1 rings (SSSR count).